The van der Waals surface area contributed by atoms with E-state index in [2.05, 4.69) is 11.7 Å². The maximum absolute atomic E-state index is 10.9. The van der Waals surface area contributed by atoms with Gasteiger partial charge in [0, 0.05) is 6.42 Å². The molecule has 100 valence electrons. The highest BCUT2D eigenvalue weighted by atomic mass is 16.5. The van der Waals surface area contributed by atoms with Gasteiger partial charge in [0.25, 0.3) is 0 Å². The average Bonchev–Trinajstić information content (AvgIpc) is 2.35. The number of hydrogen-bond acceptors (Lipinski definition) is 3. The number of aliphatic hydroxyl groups is 1. The van der Waals surface area contributed by atoms with E-state index in [9.17, 15) is 9.90 Å². The van der Waals surface area contributed by atoms with Gasteiger partial charge in [-0.1, -0.05) is 51.2 Å². The number of allylic oxidation sites excluding steroid dienone is 1. The van der Waals surface area contributed by atoms with Gasteiger partial charge < -0.3 is 9.84 Å². The lowest BCUT2D eigenvalue weighted by molar-refractivity contribution is -0.150. The van der Waals surface area contributed by atoms with Gasteiger partial charge in [0.05, 0.1) is 7.11 Å². The van der Waals surface area contributed by atoms with Crippen molar-refractivity contribution in [3.63, 3.8) is 0 Å². The van der Waals surface area contributed by atoms with E-state index in [1.807, 2.05) is 12.2 Å². The molecule has 0 aromatic rings. The zero-order valence-electron chi connectivity index (χ0n) is 11.2. The van der Waals surface area contributed by atoms with Crippen LogP contribution in [-0.4, -0.2) is 24.3 Å². The van der Waals surface area contributed by atoms with Gasteiger partial charge in [-0.2, -0.15) is 0 Å². The summed E-state index contributed by atoms with van der Waals surface area (Å²) in [5.74, 6) is -0.561. The second kappa shape index (κ2) is 11.6. The molecule has 3 nitrogen and oxygen atoms in total. The number of carbonyl (C=O) groups is 1. The topological polar surface area (TPSA) is 46.5 Å². The van der Waals surface area contributed by atoms with Crippen LogP contribution in [0.5, 0.6) is 0 Å². The summed E-state index contributed by atoms with van der Waals surface area (Å²) in [4.78, 5) is 10.9. The first-order chi connectivity index (χ1) is 8.22. The van der Waals surface area contributed by atoms with Crippen molar-refractivity contribution < 1.29 is 14.6 Å². The van der Waals surface area contributed by atoms with Gasteiger partial charge in [-0.25, -0.2) is 4.79 Å². The fourth-order valence-electron chi connectivity index (χ4n) is 1.62. The maximum atomic E-state index is 10.9. The summed E-state index contributed by atoms with van der Waals surface area (Å²) in [7, 11) is 1.28. The monoisotopic (exact) mass is 242 g/mol. The van der Waals surface area contributed by atoms with E-state index >= 15 is 0 Å². The summed E-state index contributed by atoms with van der Waals surface area (Å²) in [6.07, 6.45) is 12.0. The minimum Gasteiger partial charge on any atom is -0.467 e. The van der Waals surface area contributed by atoms with Gasteiger partial charge in [-0.3, -0.25) is 0 Å². The maximum Gasteiger partial charge on any atom is 0.335 e. The van der Waals surface area contributed by atoms with Crippen molar-refractivity contribution >= 4 is 5.97 Å². The number of ether oxygens (including phenoxy) is 1. The van der Waals surface area contributed by atoms with Crippen LogP contribution in [0.4, 0.5) is 0 Å². The molecule has 0 aliphatic rings. The fraction of sp³-hybridized carbons (Fsp3) is 0.786. The summed E-state index contributed by atoms with van der Waals surface area (Å²) >= 11 is 0. The first kappa shape index (κ1) is 16.2. The fourth-order valence-corrected chi connectivity index (χ4v) is 1.62. The molecule has 0 saturated carbocycles. The van der Waals surface area contributed by atoms with Crippen LogP contribution >= 0.6 is 0 Å². The van der Waals surface area contributed by atoms with Crippen molar-refractivity contribution in [2.24, 2.45) is 0 Å². The first-order valence-electron chi connectivity index (χ1n) is 6.63. The van der Waals surface area contributed by atoms with Crippen LogP contribution in [0.2, 0.25) is 0 Å². The van der Waals surface area contributed by atoms with Crippen LogP contribution < -0.4 is 0 Å². The Balaban J connectivity index is 3.33. The van der Waals surface area contributed by atoms with Crippen molar-refractivity contribution in [3.8, 4) is 0 Å². The number of esters is 1. The minimum atomic E-state index is -1.01. The number of unbranched alkanes of at least 4 members (excludes halogenated alkanes) is 6. The van der Waals surface area contributed by atoms with E-state index in [0.717, 1.165) is 6.42 Å². The number of hydrogen-bond donors (Lipinski definition) is 1. The summed E-state index contributed by atoms with van der Waals surface area (Å²) in [5, 5.41) is 9.29. The van der Waals surface area contributed by atoms with E-state index in [1.54, 1.807) is 0 Å². The van der Waals surface area contributed by atoms with Crippen LogP contribution in [0.25, 0.3) is 0 Å². The molecule has 0 aliphatic carbocycles. The third kappa shape index (κ3) is 10.1. The normalized spacial score (nSPS) is 12.9. The van der Waals surface area contributed by atoms with E-state index in [0.29, 0.717) is 6.42 Å². The predicted molar refractivity (Wildman–Crippen MR) is 69.8 cm³/mol. The summed E-state index contributed by atoms with van der Waals surface area (Å²) in [5.41, 5.74) is 0. The van der Waals surface area contributed by atoms with Crippen molar-refractivity contribution in [3.05, 3.63) is 12.2 Å². The Bertz CT molecular complexity index is 212. The first-order valence-corrected chi connectivity index (χ1v) is 6.63. The molecule has 0 saturated heterocycles. The highest BCUT2D eigenvalue weighted by Crippen LogP contribution is 2.07. The molecule has 0 bridgehead atoms. The van der Waals surface area contributed by atoms with Crippen molar-refractivity contribution in [1.82, 2.24) is 0 Å². The van der Waals surface area contributed by atoms with E-state index < -0.39 is 12.1 Å². The molecule has 1 atom stereocenters. The highest BCUT2D eigenvalue weighted by molar-refractivity contribution is 5.74. The van der Waals surface area contributed by atoms with Crippen molar-refractivity contribution in [1.29, 1.82) is 0 Å². The minimum absolute atomic E-state index is 0.350. The predicted octanol–water partition coefficient (Wildman–Crippen LogP) is 3.22. The Hall–Kier alpha value is -0.830. The molecule has 0 fully saturated rings. The van der Waals surface area contributed by atoms with Crippen LogP contribution in [0.15, 0.2) is 12.2 Å². The Morgan fingerprint density at radius 3 is 2.47 bits per heavy atom. The largest absolute Gasteiger partial charge is 0.467 e. The number of methoxy groups -OCH3 is 1. The Labute approximate surface area is 105 Å². The molecule has 0 amide bonds. The quantitative estimate of drug-likeness (QED) is 0.363. The Morgan fingerprint density at radius 1 is 1.18 bits per heavy atom. The van der Waals surface area contributed by atoms with E-state index in [-0.39, 0.29) is 0 Å². The van der Waals surface area contributed by atoms with Gasteiger partial charge in [-0.05, 0) is 12.8 Å². The van der Waals surface area contributed by atoms with Crippen LogP contribution in [0, 0.1) is 0 Å². The highest BCUT2D eigenvalue weighted by Gasteiger charge is 2.12. The van der Waals surface area contributed by atoms with Crippen molar-refractivity contribution in [2.75, 3.05) is 7.11 Å². The Morgan fingerprint density at radius 2 is 1.82 bits per heavy atom. The van der Waals surface area contributed by atoms with E-state index in [1.165, 1.54) is 45.6 Å². The zero-order valence-corrected chi connectivity index (χ0v) is 11.2. The van der Waals surface area contributed by atoms with Gasteiger partial charge >= 0.3 is 5.97 Å². The molecule has 0 spiro atoms. The molecule has 0 heterocycles. The third-order valence-electron chi connectivity index (χ3n) is 2.72. The molecular formula is C14H26O3. The molecule has 1 unspecified atom stereocenters. The van der Waals surface area contributed by atoms with Crippen LogP contribution in [-0.2, 0) is 9.53 Å². The van der Waals surface area contributed by atoms with E-state index in [4.69, 9.17) is 0 Å². The zero-order chi connectivity index (χ0) is 12.9. The SMILES string of the molecule is CCCCCCCC/C=C/CC(O)C(=O)OC. The number of carbonyl (C=O) groups excluding carboxylic acids is 1. The smallest absolute Gasteiger partial charge is 0.335 e. The van der Waals surface area contributed by atoms with Gasteiger partial charge in [0.2, 0.25) is 0 Å². The molecular weight excluding hydrogens is 216 g/mol. The molecule has 0 aliphatic heterocycles. The van der Waals surface area contributed by atoms with Crippen LogP contribution in [0.3, 0.4) is 0 Å². The van der Waals surface area contributed by atoms with Gasteiger partial charge in [0.1, 0.15) is 0 Å². The molecule has 0 radical (unpaired) electrons. The lowest BCUT2D eigenvalue weighted by Crippen LogP contribution is -2.20. The summed E-state index contributed by atoms with van der Waals surface area (Å²) in [6, 6.07) is 0. The summed E-state index contributed by atoms with van der Waals surface area (Å²) in [6.45, 7) is 2.22. The standard InChI is InChI=1S/C14H26O3/c1-3-4-5-6-7-8-9-10-11-12-13(15)14(16)17-2/h10-11,13,15H,3-9,12H2,1-2H3/b11-10+. The van der Waals surface area contributed by atoms with Gasteiger partial charge in [-0.15, -0.1) is 0 Å². The number of aliphatic hydroxyl groups excluding tert-OH is 1. The molecule has 1 N–H and O–H groups in total. The molecule has 0 rings (SSSR count). The molecule has 0 aromatic carbocycles. The van der Waals surface area contributed by atoms with Gasteiger partial charge in [0.15, 0.2) is 6.10 Å². The van der Waals surface area contributed by atoms with Crippen LogP contribution in [0.1, 0.15) is 58.3 Å². The average molecular weight is 242 g/mol. The molecule has 0 aromatic heterocycles. The lowest BCUT2D eigenvalue weighted by Gasteiger charge is -2.03. The second-order valence-corrected chi connectivity index (χ2v) is 4.30. The summed E-state index contributed by atoms with van der Waals surface area (Å²) < 4.78 is 4.42. The second-order valence-electron chi connectivity index (χ2n) is 4.30. The van der Waals surface area contributed by atoms with Crippen molar-refractivity contribution in [2.45, 2.75) is 64.4 Å². The molecule has 3 heteroatoms. The third-order valence-corrected chi connectivity index (χ3v) is 2.72. The lowest BCUT2D eigenvalue weighted by atomic mass is 10.1. The molecule has 17 heavy (non-hydrogen) atoms. The number of rotatable bonds is 10. The Kier molecular flexibility index (Phi) is 11.1.